The van der Waals surface area contributed by atoms with Crippen LogP contribution in [-0.4, -0.2) is 24.5 Å². The summed E-state index contributed by atoms with van der Waals surface area (Å²) in [5.41, 5.74) is 2.31. The van der Waals surface area contributed by atoms with E-state index in [0.717, 1.165) is 16.9 Å². The van der Waals surface area contributed by atoms with Crippen molar-refractivity contribution in [2.45, 2.75) is 0 Å². The number of imidazole rings is 1. The second kappa shape index (κ2) is 3.30. The van der Waals surface area contributed by atoms with Crippen LogP contribution in [0.1, 0.15) is 0 Å². The van der Waals surface area contributed by atoms with Gasteiger partial charge in [-0.25, -0.2) is 4.98 Å². The summed E-state index contributed by atoms with van der Waals surface area (Å²) in [6.45, 7) is 0. The van der Waals surface area contributed by atoms with E-state index in [1.165, 1.54) is 6.20 Å². The molecule has 3 rings (SSSR count). The second-order valence-electron chi connectivity index (χ2n) is 3.40. The predicted molar refractivity (Wildman–Crippen MR) is 57.9 cm³/mol. The van der Waals surface area contributed by atoms with Crippen LogP contribution in [0.25, 0.3) is 16.9 Å². The van der Waals surface area contributed by atoms with Crippen LogP contribution in [-0.2, 0) is 0 Å². The maximum Gasteiger partial charge on any atom is 0.155 e. The Hall–Kier alpha value is -2.43. The van der Waals surface area contributed by atoms with E-state index in [1.54, 1.807) is 24.7 Å². The van der Waals surface area contributed by atoms with Crippen LogP contribution in [0.2, 0.25) is 0 Å². The monoisotopic (exact) mass is 212 g/mol. The Kier molecular flexibility index (Phi) is 1.83. The number of hydrogen-bond acceptors (Lipinski definition) is 4. The summed E-state index contributed by atoms with van der Waals surface area (Å²) >= 11 is 0. The summed E-state index contributed by atoms with van der Waals surface area (Å²) in [7, 11) is 0. The average Bonchev–Trinajstić information content (AvgIpc) is 2.75. The number of fused-ring (bicyclic) bond motifs is 1. The number of nitrogens with zero attached hydrogens (tertiary/aromatic N) is 4. The smallest absolute Gasteiger partial charge is 0.155 e. The normalized spacial score (nSPS) is 10.8. The topological polar surface area (TPSA) is 63.3 Å². The van der Waals surface area contributed by atoms with Crippen molar-refractivity contribution in [1.82, 2.24) is 19.4 Å². The Bertz CT molecular complexity index is 647. The van der Waals surface area contributed by atoms with Crippen LogP contribution in [0.5, 0.6) is 5.75 Å². The minimum absolute atomic E-state index is 0.130. The van der Waals surface area contributed by atoms with Crippen LogP contribution in [0, 0.1) is 0 Å². The van der Waals surface area contributed by atoms with Crippen molar-refractivity contribution in [3.05, 3.63) is 43.2 Å². The van der Waals surface area contributed by atoms with Gasteiger partial charge in [-0.05, 0) is 6.07 Å². The average molecular weight is 212 g/mol. The zero-order valence-corrected chi connectivity index (χ0v) is 8.28. The van der Waals surface area contributed by atoms with Crippen molar-refractivity contribution in [2.75, 3.05) is 0 Å². The fraction of sp³-hybridized carbons (Fsp3) is 0. The van der Waals surface area contributed by atoms with Crippen molar-refractivity contribution in [3.8, 4) is 17.0 Å². The molecule has 0 saturated heterocycles. The van der Waals surface area contributed by atoms with Gasteiger partial charge < -0.3 is 9.51 Å². The van der Waals surface area contributed by atoms with Gasteiger partial charge in [0.15, 0.2) is 5.65 Å². The highest BCUT2D eigenvalue weighted by molar-refractivity contribution is 5.59. The first kappa shape index (κ1) is 8.84. The van der Waals surface area contributed by atoms with Gasteiger partial charge in [0.1, 0.15) is 5.75 Å². The Morgan fingerprint density at radius 3 is 2.94 bits per heavy atom. The quantitative estimate of drug-likeness (QED) is 0.663. The van der Waals surface area contributed by atoms with E-state index >= 15 is 0 Å². The van der Waals surface area contributed by atoms with Crippen molar-refractivity contribution in [1.29, 1.82) is 0 Å². The number of hydrogen-bond donors (Lipinski definition) is 1. The molecule has 0 amide bonds. The molecule has 0 radical (unpaired) electrons. The highest BCUT2D eigenvalue weighted by atomic mass is 16.3. The van der Waals surface area contributed by atoms with Crippen LogP contribution < -0.4 is 0 Å². The second-order valence-corrected chi connectivity index (χ2v) is 3.40. The first-order valence-electron chi connectivity index (χ1n) is 4.76. The molecule has 0 bridgehead atoms. The lowest BCUT2D eigenvalue weighted by Gasteiger charge is -2.01. The highest BCUT2D eigenvalue weighted by Crippen LogP contribution is 2.19. The molecule has 0 aliphatic heterocycles. The lowest BCUT2D eigenvalue weighted by Crippen LogP contribution is -1.90. The molecule has 5 heteroatoms. The van der Waals surface area contributed by atoms with Gasteiger partial charge in [0.05, 0.1) is 18.1 Å². The molecular formula is C11H8N4O. The van der Waals surface area contributed by atoms with Gasteiger partial charge in [-0.3, -0.25) is 9.97 Å². The van der Waals surface area contributed by atoms with E-state index in [1.807, 2.05) is 16.8 Å². The van der Waals surface area contributed by atoms with E-state index in [0.29, 0.717) is 0 Å². The number of aromatic nitrogens is 4. The number of rotatable bonds is 1. The standard InChI is InChI=1S/C11H8N4O/c16-9-3-8(4-12-5-9)10-7-15-2-1-13-11(15)6-14-10/h1-7,16H. The Morgan fingerprint density at radius 1 is 1.12 bits per heavy atom. The van der Waals surface area contributed by atoms with Crippen LogP contribution >= 0.6 is 0 Å². The third-order valence-electron chi connectivity index (χ3n) is 2.30. The summed E-state index contributed by atoms with van der Waals surface area (Å²) in [5, 5.41) is 9.34. The molecule has 16 heavy (non-hydrogen) atoms. The summed E-state index contributed by atoms with van der Waals surface area (Å²) in [6, 6.07) is 1.62. The van der Waals surface area contributed by atoms with Gasteiger partial charge in [-0.2, -0.15) is 0 Å². The highest BCUT2D eigenvalue weighted by Gasteiger charge is 2.02. The van der Waals surface area contributed by atoms with E-state index in [4.69, 9.17) is 0 Å². The zero-order valence-electron chi connectivity index (χ0n) is 8.28. The van der Waals surface area contributed by atoms with Crippen LogP contribution in [0.15, 0.2) is 43.2 Å². The SMILES string of the molecule is Oc1cncc(-c2cn3ccnc3cn2)c1. The molecule has 1 N–H and O–H groups in total. The summed E-state index contributed by atoms with van der Waals surface area (Å²) < 4.78 is 1.87. The maximum atomic E-state index is 9.34. The molecular weight excluding hydrogens is 204 g/mol. The molecule has 0 atom stereocenters. The molecule has 0 aromatic carbocycles. The first-order chi connectivity index (χ1) is 7.83. The summed E-state index contributed by atoms with van der Waals surface area (Å²) in [5.74, 6) is 0.130. The van der Waals surface area contributed by atoms with E-state index < -0.39 is 0 Å². The lowest BCUT2D eigenvalue weighted by molar-refractivity contribution is 0.473. The van der Waals surface area contributed by atoms with Gasteiger partial charge >= 0.3 is 0 Å². The number of pyridine rings is 1. The molecule has 3 heterocycles. The molecule has 0 aliphatic carbocycles. The molecule has 3 aromatic rings. The van der Waals surface area contributed by atoms with Crippen molar-refractivity contribution >= 4 is 5.65 Å². The van der Waals surface area contributed by atoms with E-state index in [2.05, 4.69) is 15.0 Å². The Labute approximate surface area is 91.1 Å². The molecule has 78 valence electrons. The third kappa shape index (κ3) is 1.38. The molecule has 0 aliphatic rings. The van der Waals surface area contributed by atoms with Crippen molar-refractivity contribution in [3.63, 3.8) is 0 Å². The Balaban J connectivity index is 2.18. The molecule has 3 aromatic heterocycles. The fourth-order valence-corrected chi connectivity index (χ4v) is 1.54. The van der Waals surface area contributed by atoms with E-state index in [9.17, 15) is 5.11 Å². The van der Waals surface area contributed by atoms with Gasteiger partial charge in [0.2, 0.25) is 0 Å². The predicted octanol–water partition coefficient (Wildman–Crippen LogP) is 1.50. The molecule has 5 nitrogen and oxygen atoms in total. The molecule has 0 spiro atoms. The Morgan fingerprint density at radius 2 is 2.06 bits per heavy atom. The minimum atomic E-state index is 0.130. The molecule has 0 fully saturated rings. The maximum absolute atomic E-state index is 9.34. The van der Waals surface area contributed by atoms with Crippen molar-refractivity contribution in [2.24, 2.45) is 0 Å². The number of aromatic hydroxyl groups is 1. The van der Waals surface area contributed by atoms with Gasteiger partial charge in [-0.1, -0.05) is 0 Å². The zero-order chi connectivity index (χ0) is 11.0. The minimum Gasteiger partial charge on any atom is -0.506 e. The van der Waals surface area contributed by atoms with Gasteiger partial charge in [-0.15, -0.1) is 0 Å². The summed E-state index contributed by atoms with van der Waals surface area (Å²) in [4.78, 5) is 12.3. The van der Waals surface area contributed by atoms with Crippen molar-refractivity contribution < 1.29 is 5.11 Å². The summed E-state index contributed by atoms with van der Waals surface area (Å²) in [6.07, 6.45) is 10.1. The van der Waals surface area contributed by atoms with Gasteiger partial charge in [0.25, 0.3) is 0 Å². The lowest BCUT2D eigenvalue weighted by atomic mass is 10.2. The molecule has 0 unspecified atom stereocenters. The van der Waals surface area contributed by atoms with Crippen LogP contribution in [0.4, 0.5) is 0 Å². The largest absolute Gasteiger partial charge is 0.506 e. The van der Waals surface area contributed by atoms with E-state index in [-0.39, 0.29) is 5.75 Å². The van der Waals surface area contributed by atoms with Gasteiger partial charge in [0, 0.05) is 30.4 Å². The fourth-order valence-electron chi connectivity index (χ4n) is 1.54. The van der Waals surface area contributed by atoms with Crippen LogP contribution in [0.3, 0.4) is 0 Å². The third-order valence-corrected chi connectivity index (χ3v) is 2.30. The molecule has 0 saturated carbocycles. The first-order valence-corrected chi connectivity index (χ1v) is 4.76.